The van der Waals surface area contributed by atoms with Crippen LogP contribution in [0.3, 0.4) is 0 Å². The van der Waals surface area contributed by atoms with Crippen molar-refractivity contribution in [3.05, 3.63) is 35.1 Å². The maximum atomic E-state index is 13.9. The molecule has 2 N–H and O–H groups in total. The van der Waals surface area contributed by atoms with E-state index in [9.17, 15) is 13.2 Å². The normalized spacial score (nSPS) is 16.8. The topological polar surface area (TPSA) is 42.9 Å². The summed E-state index contributed by atoms with van der Waals surface area (Å²) in [6.07, 6.45) is -0.669. The summed E-state index contributed by atoms with van der Waals surface area (Å²) in [5.41, 5.74) is 1.60. The van der Waals surface area contributed by atoms with Crippen LogP contribution in [0.15, 0.2) is 23.2 Å². The molecule has 0 aromatic heterocycles. The quantitative estimate of drug-likeness (QED) is 0.521. The van der Waals surface area contributed by atoms with Crippen LogP contribution in [-0.4, -0.2) is 68.5 Å². The van der Waals surface area contributed by atoms with Gasteiger partial charge in [0.1, 0.15) is 5.82 Å². The first-order chi connectivity index (χ1) is 13.4. The Morgan fingerprint density at radius 3 is 2.61 bits per heavy atom. The van der Waals surface area contributed by atoms with Gasteiger partial charge in [-0.3, -0.25) is 4.90 Å². The molecule has 8 heteroatoms. The van der Waals surface area contributed by atoms with Gasteiger partial charge in [-0.25, -0.2) is 18.2 Å². The highest BCUT2D eigenvalue weighted by Gasteiger charge is 2.21. The molecule has 1 saturated heterocycles. The van der Waals surface area contributed by atoms with E-state index in [1.54, 1.807) is 11.0 Å². The fraction of sp³-hybridized carbons (Fsp3) is 0.650. The van der Waals surface area contributed by atoms with Crippen molar-refractivity contribution in [1.29, 1.82) is 0 Å². The van der Waals surface area contributed by atoms with Crippen molar-refractivity contribution in [2.24, 2.45) is 4.99 Å². The number of benzene rings is 1. The molecule has 1 aliphatic heterocycles. The van der Waals surface area contributed by atoms with Gasteiger partial charge < -0.3 is 15.5 Å². The number of nitrogens with one attached hydrogen (secondary N) is 2. The second kappa shape index (κ2) is 11.3. The van der Waals surface area contributed by atoms with Crippen LogP contribution in [0, 0.1) is 5.82 Å². The average Bonchev–Trinajstić information content (AvgIpc) is 2.63. The molecule has 0 aliphatic carbocycles. The molecule has 1 aromatic rings. The van der Waals surface area contributed by atoms with Gasteiger partial charge in [0.05, 0.1) is 13.1 Å². The Morgan fingerprint density at radius 2 is 2.00 bits per heavy atom. The minimum absolute atomic E-state index is 0.152. The zero-order valence-electron chi connectivity index (χ0n) is 17.0. The van der Waals surface area contributed by atoms with Crippen molar-refractivity contribution in [2.75, 3.05) is 40.3 Å². The Balaban J connectivity index is 1.94. The highest BCUT2D eigenvalue weighted by atomic mass is 19.3. The van der Waals surface area contributed by atoms with E-state index < -0.39 is 6.43 Å². The fourth-order valence-electron chi connectivity index (χ4n) is 3.33. The summed E-state index contributed by atoms with van der Waals surface area (Å²) in [4.78, 5) is 8.35. The Bertz CT molecular complexity index is 628. The molecule has 5 nitrogen and oxygen atoms in total. The Labute approximate surface area is 166 Å². The third-order valence-corrected chi connectivity index (χ3v) is 4.69. The minimum atomic E-state index is -2.28. The molecule has 0 saturated carbocycles. The number of piperidine rings is 1. The van der Waals surface area contributed by atoms with Crippen molar-refractivity contribution in [3.63, 3.8) is 0 Å². The van der Waals surface area contributed by atoms with E-state index in [2.05, 4.69) is 15.6 Å². The molecule has 1 aliphatic rings. The van der Waals surface area contributed by atoms with Gasteiger partial charge in [-0.05, 0) is 51.6 Å². The number of guanidine groups is 1. The lowest BCUT2D eigenvalue weighted by Crippen LogP contribution is -2.49. The van der Waals surface area contributed by atoms with Gasteiger partial charge in [0.15, 0.2) is 5.96 Å². The van der Waals surface area contributed by atoms with E-state index in [0.29, 0.717) is 37.7 Å². The molecular weight excluding hydrogens is 367 g/mol. The molecule has 0 atom stereocenters. The molecule has 2 rings (SSSR count). The molecule has 0 amide bonds. The van der Waals surface area contributed by atoms with Crippen LogP contribution in [0.5, 0.6) is 0 Å². The van der Waals surface area contributed by atoms with E-state index in [1.165, 1.54) is 6.07 Å². The average molecular weight is 400 g/mol. The summed E-state index contributed by atoms with van der Waals surface area (Å²) in [5, 5.41) is 6.63. The van der Waals surface area contributed by atoms with E-state index in [-0.39, 0.29) is 18.4 Å². The summed E-state index contributed by atoms with van der Waals surface area (Å²) >= 11 is 0. The zero-order valence-corrected chi connectivity index (χ0v) is 17.0. The van der Waals surface area contributed by atoms with Gasteiger partial charge in [-0.15, -0.1) is 0 Å². The molecule has 0 unspecified atom stereocenters. The number of likely N-dealkylation sites (tertiary alicyclic amines) is 1. The fourth-order valence-corrected chi connectivity index (χ4v) is 3.33. The number of alkyl halides is 2. The van der Waals surface area contributed by atoms with Crippen molar-refractivity contribution >= 4 is 5.96 Å². The number of aliphatic imine (C=N–C) groups is 1. The Morgan fingerprint density at radius 1 is 1.29 bits per heavy atom. The van der Waals surface area contributed by atoms with E-state index in [1.807, 2.05) is 32.0 Å². The molecule has 0 spiro atoms. The van der Waals surface area contributed by atoms with Gasteiger partial charge in [-0.2, -0.15) is 0 Å². The predicted octanol–water partition coefficient (Wildman–Crippen LogP) is 2.67. The smallest absolute Gasteiger partial charge is 0.251 e. The summed E-state index contributed by atoms with van der Waals surface area (Å²) in [7, 11) is 3.81. The van der Waals surface area contributed by atoms with Gasteiger partial charge in [-0.1, -0.05) is 6.07 Å². The summed E-state index contributed by atoms with van der Waals surface area (Å²) in [6.45, 7) is 4.88. The van der Waals surface area contributed by atoms with Crippen LogP contribution < -0.4 is 10.6 Å². The molecular formula is C20H32F3N5. The molecule has 1 fully saturated rings. The van der Waals surface area contributed by atoms with Crippen LogP contribution in [-0.2, 0) is 13.1 Å². The molecule has 1 heterocycles. The number of hydrogen-bond donors (Lipinski definition) is 2. The van der Waals surface area contributed by atoms with Crippen LogP contribution in [0.1, 0.15) is 30.9 Å². The van der Waals surface area contributed by atoms with Crippen LogP contribution >= 0.6 is 0 Å². The Kier molecular flexibility index (Phi) is 9.05. The van der Waals surface area contributed by atoms with Gasteiger partial charge in [0.2, 0.25) is 0 Å². The molecule has 1 aromatic carbocycles. The van der Waals surface area contributed by atoms with Gasteiger partial charge >= 0.3 is 0 Å². The highest BCUT2D eigenvalue weighted by Crippen LogP contribution is 2.14. The SMILES string of the molecule is CCNC(=NCc1ccc(F)c(CN(C)C)c1)NC1CCN(CC(F)F)CC1. The zero-order chi connectivity index (χ0) is 20.5. The molecule has 158 valence electrons. The maximum Gasteiger partial charge on any atom is 0.251 e. The Hall–Kier alpha value is -1.80. The summed E-state index contributed by atoms with van der Waals surface area (Å²) in [5.74, 6) is 0.496. The van der Waals surface area contributed by atoms with Gasteiger partial charge in [0, 0.05) is 37.8 Å². The second-order valence-electron chi connectivity index (χ2n) is 7.47. The lowest BCUT2D eigenvalue weighted by Gasteiger charge is -2.32. The standard InChI is InChI=1S/C20H32F3N5/c1-4-24-20(26-17-7-9-28(10-8-17)14-19(22)23)25-12-15-5-6-18(21)16(11-15)13-27(2)3/h5-6,11,17,19H,4,7-10,12-14H2,1-3H3,(H2,24,25,26). The maximum absolute atomic E-state index is 13.9. The second-order valence-corrected chi connectivity index (χ2v) is 7.47. The largest absolute Gasteiger partial charge is 0.357 e. The molecule has 0 bridgehead atoms. The number of halogens is 3. The lowest BCUT2D eigenvalue weighted by molar-refractivity contribution is 0.0744. The number of nitrogens with zero attached hydrogens (tertiary/aromatic N) is 3. The first-order valence-electron chi connectivity index (χ1n) is 9.84. The van der Waals surface area contributed by atoms with Crippen molar-refractivity contribution in [3.8, 4) is 0 Å². The third-order valence-electron chi connectivity index (χ3n) is 4.69. The summed E-state index contributed by atoms with van der Waals surface area (Å²) < 4.78 is 38.9. The van der Waals surface area contributed by atoms with E-state index >= 15 is 0 Å². The van der Waals surface area contributed by atoms with Crippen molar-refractivity contribution in [1.82, 2.24) is 20.4 Å². The van der Waals surface area contributed by atoms with Crippen LogP contribution in [0.4, 0.5) is 13.2 Å². The first kappa shape index (κ1) is 22.5. The summed E-state index contributed by atoms with van der Waals surface area (Å²) in [6, 6.07) is 5.31. The highest BCUT2D eigenvalue weighted by molar-refractivity contribution is 5.80. The molecule has 0 radical (unpaired) electrons. The minimum Gasteiger partial charge on any atom is -0.357 e. The van der Waals surface area contributed by atoms with Gasteiger partial charge in [0.25, 0.3) is 6.43 Å². The van der Waals surface area contributed by atoms with Crippen LogP contribution in [0.25, 0.3) is 0 Å². The van der Waals surface area contributed by atoms with Crippen LogP contribution in [0.2, 0.25) is 0 Å². The van der Waals surface area contributed by atoms with E-state index in [0.717, 1.165) is 24.9 Å². The molecule has 28 heavy (non-hydrogen) atoms. The van der Waals surface area contributed by atoms with Crippen molar-refractivity contribution < 1.29 is 13.2 Å². The lowest BCUT2D eigenvalue weighted by atomic mass is 10.1. The van der Waals surface area contributed by atoms with E-state index in [4.69, 9.17) is 0 Å². The number of hydrogen-bond acceptors (Lipinski definition) is 3. The van der Waals surface area contributed by atoms with Crippen molar-refractivity contribution in [2.45, 2.75) is 45.3 Å². The first-order valence-corrected chi connectivity index (χ1v) is 9.84. The third kappa shape index (κ3) is 7.67. The monoisotopic (exact) mass is 399 g/mol. The number of rotatable bonds is 8. The predicted molar refractivity (Wildman–Crippen MR) is 107 cm³/mol.